The van der Waals surface area contributed by atoms with Crippen LogP contribution in [-0.4, -0.2) is 23.1 Å². The second-order valence-electron chi connectivity index (χ2n) is 4.50. The van der Waals surface area contributed by atoms with E-state index in [9.17, 15) is 5.11 Å². The van der Waals surface area contributed by atoms with Crippen molar-refractivity contribution in [2.45, 2.75) is 27.3 Å². The van der Waals surface area contributed by atoms with Crippen molar-refractivity contribution in [2.75, 3.05) is 13.1 Å². The minimum absolute atomic E-state index is 0.332. The highest BCUT2D eigenvalue weighted by Crippen LogP contribution is 2.23. The summed E-state index contributed by atoms with van der Waals surface area (Å²) >= 11 is 3.52. The molecule has 16 heavy (non-hydrogen) atoms. The van der Waals surface area contributed by atoms with E-state index in [-0.39, 0.29) is 0 Å². The molecule has 3 heteroatoms. The molecule has 0 aliphatic carbocycles. The van der Waals surface area contributed by atoms with Crippen LogP contribution >= 0.6 is 15.9 Å². The van der Waals surface area contributed by atoms with Crippen LogP contribution in [0.2, 0.25) is 0 Å². The maximum Gasteiger partial charge on any atom is 0.115 e. The molecule has 0 bridgehead atoms. The summed E-state index contributed by atoms with van der Waals surface area (Å²) in [5.74, 6) is 0.995. The molecule has 0 aliphatic heterocycles. The number of phenols is 1. The van der Waals surface area contributed by atoms with Crippen molar-refractivity contribution in [3.63, 3.8) is 0 Å². The molecule has 90 valence electrons. The molecule has 2 nitrogen and oxygen atoms in total. The number of phenolic OH excluding ortho intramolecular Hbond substituents is 1. The summed E-state index contributed by atoms with van der Waals surface area (Å²) in [5.41, 5.74) is 1.14. The van der Waals surface area contributed by atoms with E-state index in [0.717, 1.165) is 29.7 Å². The van der Waals surface area contributed by atoms with Crippen molar-refractivity contribution in [3.05, 3.63) is 28.2 Å². The minimum Gasteiger partial charge on any atom is -0.508 e. The van der Waals surface area contributed by atoms with Crippen LogP contribution in [0.3, 0.4) is 0 Å². The van der Waals surface area contributed by atoms with Crippen LogP contribution in [0.15, 0.2) is 22.7 Å². The second kappa shape index (κ2) is 6.26. The molecule has 0 unspecified atom stereocenters. The average molecular weight is 286 g/mol. The number of rotatable bonds is 5. The van der Waals surface area contributed by atoms with E-state index < -0.39 is 0 Å². The lowest BCUT2D eigenvalue weighted by atomic mass is 10.1. The lowest BCUT2D eigenvalue weighted by molar-refractivity contribution is 0.247. The highest BCUT2D eigenvalue weighted by atomic mass is 79.9. The number of halogens is 1. The minimum atomic E-state index is 0.332. The van der Waals surface area contributed by atoms with Gasteiger partial charge in [-0.25, -0.2) is 0 Å². The van der Waals surface area contributed by atoms with Crippen molar-refractivity contribution in [2.24, 2.45) is 5.92 Å². The summed E-state index contributed by atoms with van der Waals surface area (Å²) in [4.78, 5) is 2.38. The van der Waals surface area contributed by atoms with Crippen molar-refractivity contribution >= 4 is 15.9 Å². The number of benzene rings is 1. The van der Waals surface area contributed by atoms with Gasteiger partial charge in [0, 0.05) is 17.6 Å². The molecule has 0 saturated heterocycles. The fraction of sp³-hybridized carbons (Fsp3) is 0.538. The molecule has 0 fully saturated rings. The van der Waals surface area contributed by atoms with Crippen molar-refractivity contribution in [3.8, 4) is 5.75 Å². The van der Waals surface area contributed by atoms with Crippen molar-refractivity contribution in [1.29, 1.82) is 0 Å². The number of hydrogen-bond donors (Lipinski definition) is 1. The zero-order valence-electron chi connectivity index (χ0n) is 10.2. The largest absolute Gasteiger partial charge is 0.508 e. The normalized spacial score (nSPS) is 11.4. The Bertz CT molecular complexity index is 339. The van der Waals surface area contributed by atoms with Crippen molar-refractivity contribution < 1.29 is 5.11 Å². The summed E-state index contributed by atoms with van der Waals surface area (Å²) in [5, 5.41) is 9.47. The Balaban J connectivity index is 2.73. The van der Waals surface area contributed by atoms with Gasteiger partial charge in [-0.05, 0) is 36.2 Å². The molecule has 0 heterocycles. The summed E-state index contributed by atoms with van der Waals surface area (Å²) < 4.78 is 1.06. The fourth-order valence-corrected chi connectivity index (χ4v) is 2.12. The first-order valence-corrected chi connectivity index (χ1v) is 6.52. The van der Waals surface area contributed by atoms with E-state index >= 15 is 0 Å². The average Bonchev–Trinajstić information content (AvgIpc) is 2.21. The summed E-state index contributed by atoms with van der Waals surface area (Å²) in [7, 11) is 0. The Labute approximate surface area is 106 Å². The van der Waals surface area contributed by atoms with Crippen LogP contribution < -0.4 is 0 Å². The van der Waals surface area contributed by atoms with Gasteiger partial charge in [0.05, 0.1) is 0 Å². The number of hydrogen-bond acceptors (Lipinski definition) is 2. The van der Waals surface area contributed by atoms with Crippen LogP contribution in [-0.2, 0) is 6.54 Å². The maximum absolute atomic E-state index is 9.47. The van der Waals surface area contributed by atoms with E-state index in [0.29, 0.717) is 11.7 Å². The molecule has 0 spiro atoms. The molecule has 0 atom stereocenters. The summed E-state index contributed by atoms with van der Waals surface area (Å²) in [6, 6.07) is 5.42. The van der Waals surface area contributed by atoms with Gasteiger partial charge >= 0.3 is 0 Å². The maximum atomic E-state index is 9.47. The lowest BCUT2D eigenvalue weighted by Crippen LogP contribution is -2.27. The summed E-state index contributed by atoms with van der Waals surface area (Å²) in [6.45, 7) is 9.60. The molecule has 0 radical (unpaired) electrons. The molecule has 1 N–H and O–H groups in total. The smallest absolute Gasteiger partial charge is 0.115 e. The van der Waals surface area contributed by atoms with Gasteiger partial charge in [0.25, 0.3) is 0 Å². The van der Waals surface area contributed by atoms with Crippen LogP contribution in [0.5, 0.6) is 5.75 Å². The molecule has 0 amide bonds. The van der Waals surface area contributed by atoms with Gasteiger partial charge in [-0.3, -0.25) is 4.90 Å². The molecule has 1 aromatic carbocycles. The first-order chi connectivity index (χ1) is 7.52. The topological polar surface area (TPSA) is 23.5 Å². The SMILES string of the molecule is CCN(Cc1cc(O)ccc1Br)CC(C)C. The van der Waals surface area contributed by atoms with Crippen LogP contribution in [0, 0.1) is 5.92 Å². The Morgan fingerprint density at radius 3 is 2.62 bits per heavy atom. The Morgan fingerprint density at radius 2 is 2.06 bits per heavy atom. The summed E-state index contributed by atoms with van der Waals surface area (Å²) in [6.07, 6.45) is 0. The molecule has 0 aromatic heterocycles. The Kier molecular flexibility index (Phi) is 5.29. The zero-order valence-corrected chi connectivity index (χ0v) is 11.8. The van der Waals surface area contributed by atoms with Gasteiger partial charge in [0.1, 0.15) is 5.75 Å². The highest BCUT2D eigenvalue weighted by molar-refractivity contribution is 9.10. The predicted molar refractivity (Wildman–Crippen MR) is 71.6 cm³/mol. The van der Waals surface area contributed by atoms with Gasteiger partial charge in [0.2, 0.25) is 0 Å². The first-order valence-electron chi connectivity index (χ1n) is 5.72. The zero-order chi connectivity index (χ0) is 12.1. The molecular weight excluding hydrogens is 266 g/mol. The predicted octanol–water partition coefficient (Wildman–Crippen LogP) is 3.63. The Hall–Kier alpha value is -0.540. The van der Waals surface area contributed by atoms with E-state index in [2.05, 4.69) is 41.6 Å². The second-order valence-corrected chi connectivity index (χ2v) is 5.35. The molecule has 0 aliphatic rings. The number of aromatic hydroxyl groups is 1. The molecule has 0 saturated carbocycles. The third-order valence-corrected chi connectivity index (χ3v) is 3.27. The Morgan fingerprint density at radius 1 is 1.38 bits per heavy atom. The van der Waals surface area contributed by atoms with Crippen molar-refractivity contribution in [1.82, 2.24) is 4.90 Å². The van der Waals surface area contributed by atoms with Gasteiger partial charge in [0.15, 0.2) is 0 Å². The lowest BCUT2D eigenvalue weighted by Gasteiger charge is -2.23. The molecule has 1 rings (SSSR count). The van der Waals surface area contributed by atoms with Gasteiger partial charge in [-0.1, -0.05) is 36.7 Å². The van der Waals surface area contributed by atoms with E-state index in [1.54, 1.807) is 6.07 Å². The molecular formula is C13H20BrNO. The fourth-order valence-electron chi connectivity index (χ4n) is 1.75. The van der Waals surface area contributed by atoms with Gasteiger partial charge in [-0.2, -0.15) is 0 Å². The van der Waals surface area contributed by atoms with Gasteiger partial charge in [-0.15, -0.1) is 0 Å². The molecule has 1 aromatic rings. The first kappa shape index (κ1) is 13.5. The quantitative estimate of drug-likeness (QED) is 0.893. The highest BCUT2D eigenvalue weighted by Gasteiger charge is 2.08. The van der Waals surface area contributed by atoms with E-state index in [1.807, 2.05) is 12.1 Å². The van der Waals surface area contributed by atoms with Crippen LogP contribution in [0.4, 0.5) is 0 Å². The van der Waals surface area contributed by atoms with Crippen LogP contribution in [0.25, 0.3) is 0 Å². The monoisotopic (exact) mass is 285 g/mol. The third-order valence-electron chi connectivity index (χ3n) is 2.49. The third kappa shape index (κ3) is 4.14. The van der Waals surface area contributed by atoms with E-state index in [1.165, 1.54) is 0 Å². The van der Waals surface area contributed by atoms with Crippen LogP contribution in [0.1, 0.15) is 26.3 Å². The van der Waals surface area contributed by atoms with Gasteiger partial charge < -0.3 is 5.11 Å². The van der Waals surface area contributed by atoms with E-state index in [4.69, 9.17) is 0 Å². The standard InChI is InChI=1S/C13H20BrNO/c1-4-15(8-10(2)3)9-11-7-12(16)5-6-13(11)14/h5-7,10,16H,4,8-9H2,1-3H3. The number of nitrogens with zero attached hydrogens (tertiary/aromatic N) is 1.